The number of hydrogen-bond acceptors (Lipinski definition) is 2. The van der Waals surface area contributed by atoms with E-state index in [0.29, 0.717) is 13.1 Å². The highest BCUT2D eigenvalue weighted by atomic mass is 16.3. The summed E-state index contributed by atoms with van der Waals surface area (Å²) in [6.07, 6.45) is -0.486. The Morgan fingerprint density at radius 1 is 0.947 bits per heavy atom. The Kier molecular flexibility index (Phi) is 5.18. The fraction of sp³-hybridized carbons (Fsp3) is 0.176. The third kappa shape index (κ3) is 4.59. The van der Waals surface area contributed by atoms with Crippen LogP contribution in [0.4, 0.5) is 0 Å². The van der Waals surface area contributed by atoms with Gasteiger partial charge in [-0.05, 0) is 17.7 Å². The van der Waals surface area contributed by atoms with Crippen molar-refractivity contribution in [3.63, 3.8) is 0 Å². The van der Waals surface area contributed by atoms with Crippen molar-refractivity contribution in [2.75, 3.05) is 13.1 Å². The largest absolute Gasteiger partial charge is 0.387 e. The van der Waals surface area contributed by atoms with Gasteiger partial charge in [0, 0.05) is 12.1 Å². The van der Waals surface area contributed by atoms with Gasteiger partial charge in [-0.25, -0.2) is 0 Å². The molecule has 0 aromatic heterocycles. The van der Waals surface area contributed by atoms with Gasteiger partial charge < -0.3 is 10.4 Å². The maximum atomic E-state index is 9.93. The van der Waals surface area contributed by atoms with E-state index in [0.717, 1.165) is 11.1 Å². The highest BCUT2D eigenvalue weighted by Gasteiger charge is 2.04. The third-order valence-corrected chi connectivity index (χ3v) is 2.74. The molecule has 0 aliphatic rings. The maximum Gasteiger partial charge on any atom is 0.0914 e. The lowest BCUT2D eigenvalue weighted by molar-refractivity contribution is 0.176. The summed E-state index contributed by atoms with van der Waals surface area (Å²) in [5, 5.41) is 13.1. The van der Waals surface area contributed by atoms with Crippen LogP contribution in [0.2, 0.25) is 0 Å². The van der Waals surface area contributed by atoms with Gasteiger partial charge in [-0.3, -0.25) is 0 Å². The van der Waals surface area contributed by atoms with E-state index in [2.05, 4.69) is 17.2 Å². The van der Waals surface area contributed by atoms with Crippen LogP contribution in [0.15, 0.2) is 60.7 Å². The highest BCUT2D eigenvalue weighted by molar-refractivity contribution is 5.33. The van der Waals surface area contributed by atoms with E-state index in [-0.39, 0.29) is 0 Å². The predicted molar refractivity (Wildman–Crippen MR) is 77.6 cm³/mol. The van der Waals surface area contributed by atoms with E-state index >= 15 is 0 Å². The molecular weight excluding hydrogens is 234 g/mol. The van der Waals surface area contributed by atoms with E-state index in [9.17, 15) is 5.11 Å². The maximum absolute atomic E-state index is 9.93. The molecule has 0 bridgehead atoms. The SMILES string of the molecule is O[C@@H](CNCC#Cc1ccccc1)c1ccccc1. The first-order chi connectivity index (χ1) is 9.36. The van der Waals surface area contributed by atoms with Gasteiger partial charge in [-0.1, -0.05) is 60.4 Å². The molecule has 0 aliphatic heterocycles. The summed E-state index contributed by atoms with van der Waals surface area (Å²) in [7, 11) is 0. The Balaban J connectivity index is 1.74. The fourth-order valence-electron chi connectivity index (χ4n) is 1.73. The van der Waals surface area contributed by atoms with Crippen molar-refractivity contribution in [1.29, 1.82) is 0 Å². The zero-order valence-corrected chi connectivity index (χ0v) is 10.7. The molecule has 0 spiro atoms. The van der Waals surface area contributed by atoms with Gasteiger partial charge >= 0.3 is 0 Å². The van der Waals surface area contributed by atoms with E-state index in [1.165, 1.54) is 0 Å². The van der Waals surface area contributed by atoms with Gasteiger partial charge in [-0.2, -0.15) is 0 Å². The van der Waals surface area contributed by atoms with Crippen molar-refractivity contribution >= 4 is 0 Å². The number of aliphatic hydroxyl groups is 1. The zero-order chi connectivity index (χ0) is 13.3. The Bertz CT molecular complexity index is 540. The van der Waals surface area contributed by atoms with Gasteiger partial charge in [0.05, 0.1) is 12.6 Å². The van der Waals surface area contributed by atoms with E-state index in [1.807, 2.05) is 60.7 Å². The summed E-state index contributed by atoms with van der Waals surface area (Å²) in [5.74, 6) is 6.10. The first-order valence-corrected chi connectivity index (χ1v) is 6.34. The second-order valence-electron chi connectivity index (χ2n) is 4.23. The summed E-state index contributed by atoms with van der Waals surface area (Å²) < 4.78 is 0. The topological polar surface area (TPSA) is 32.3 Å². The summed E-state index contributed by atoms with van der Waals surface area (Å²) in [6, 6.07) is 19.5. The standard InChI is InChI=1S/C17H17NO/c19-17(16-11-5-2-6-12-16)14-18-13-7-10-15-8-3-1-4-9-15/h1-6,8-9,11-12,17-19H,13-14H2/t17-/m0/s1. The van der Waals surface area contributed by atoms with Crippen LogP contribution < -0.4 is 5.32 Å². The molecule has 0 radical (unpaired) electrons. The smallest absolute Gasteiger partial charge is 0.0914 e. The molecule has 0 saturated heterocycles. The lowest BCUT2D eigenvalue weighted by Gasteiger charge is -2.10. The molecule has 96 valence electrons. The molecule has 2 N–H and O–H groups in total. The molecule has 0 amide bonds. The van der Waals surface area contributed by atoms with Crippen LogP contribution in [0.3, 0.4) is 0 Å². The van der Waals surface area contributed by atoms with E-state index in [4.69, 9.17) is 0 Å². The van der Waals surface area contributed by atoms with Crippen LogP contribution >= 0.6 is 0 Å². The molecule has 2 nitrogen and oxygen atoms in total. The van der Waals surface area contributed by atoms with Crippen LogP contribution in [-0.2, 0) is 0 Å². The van der Waals surface area contributed by atoms with Gasteiger partial charge in [0.15, 0.2) is 0 Å². The highest BCUT2D eigenvalue weighted by Crippen LogP contribution is 2.10. The Morgan fingerprint density at radius 2 is 1.58 bits per heavy atom. The quantitative estimate of drug-likeness (QED) is 0.646. The summed E-state index contributed by atoms with van der Waals surface area (Å²) in [6.45, 7) is 1.08. The zero-order valence-electron chi connectivity index (χ0n) is 10.7. The van der Waals surface area contributed by atoms with Crippen molar-refractivity contribution in [2.24, 2.45) is 0 Å². The first kappa shape index (κ1) is 13.4. The van der Waals surface area contributed by atoms with Crippen LogP contribution in [0.1, 0.15) is 17.2 Å². The number of rotatable bonds is 4. The minimum Gasteiger partial charge on any atom is -0.387 e. The van der Waals surface area contributed by atoms with Crippen molar-refractivity contribution in [3.05, 3.63) is 71.8 Å². The van der Waals surface area contributed by atoms with Crippen molar-refractivity contribution in [2.45, 2.75) is 6.10 Å². The van der Waals surface area contributed by atoms with Crippen LogP contribution in [0, 0.1) is 11.8 Å². The summed E-state index contributed by atoms with van der Waals surface area (Å²) in [5.41, 5.74) is 1.93. The monoisotopic (exact) mass is 251 g/mol. The van der Waals surface area contributed by atoms with Crippen molar-refractivity contribution in [3.8, 4) is 11.8 Å². The van der Waals surface area contributed by atoms with Crippen molar-refractivity contribution in [1.82, 2.24) is 5.32 Å². The average Bonchev–Trinajstić information content (AvgIpc) is 2.49. The number of hydrogen-bond donors (Lipinski definition) is 2. The molecular formula is C17H17NO. The number of aliphatic hydroxyl groups excluding tert-OH is 1. The predicted octanol–water partition coefficient (Wildman–Crippen LogP) is 2.36. The lowest BCUT2D eigenvalue weighted by atomic mass is 10.1. The van der Waals surface area contributed by atoms with Crippen LogP contribution in [0.5, 0.6) is 0 Å². The summed E-state index contributed by atoms with van der Waals surface area (Å²) >= 11 is 0. The second kappa shape index (κ2) is 7.38. The van der Waals surface area contributed by atoms with Gasteiger partial charge in [0.2, 0.25) is 0 Å². The molecule has 2 aromatic carbocycles. The molecule has 0 unspecified atom stereocenters. The Labute approximate surface area is 114 Å². The lowest BCUT2D eigenvalue weighted by Crippen LogP contribution is -2.21. The van der Waals surface area contributed by atoms with Gasteiger partial charge in [-0.15, -0.1) is 0 Å². The molecule has 0 fully saturated rings. The second-order valence-corrected chi connectivity index (χ2v) is 4.23. The molecule has 1 atom stereocenters. The van der Waals surface area contributed by atoms with E-state index in [1.54, 1.807) is 0 Å². The average molecular weight is 251 g/mol. The minimum absolute atomic E-state index is 0.486. The Morgan fingerprint density at radius 3 is 2.26 bits per heavy atom. The Hall–Kier alpha value is -2.08. The number of benzene rings is 2. The molecule has 2 heteroatoms. The third-order valence-electron chi connectivity index (χ3n) is 2.74. The molecule has 0 aliphatic carbocycles. The fourth-order valence-corrected chi connectivity index (χ4v) is 1.73. The van der Waals surface area contributed by atoms with Crippen LogP contribution in [-0.4, -0.2) is 18.2 Å². The molecule has 2 aromatic rings. The van der Waals surface area contributed by atoms with Gasteiger partial charge in [0.25, 0.3) is 0 Å². The van der Waals surface area contributed by atoms with E-state index < -0.39 is 6.10 Å². The molecule has 0 heterocycles. The van der Waals surface area contributed by atoms with Crippen LogP contribution in [0.25, 0.3) is 0 Å². The first-order valence-electron chi connectivity index (χ1n) is 6.34. The summed E-state index contributed by atoms with van der Waals surface area (Å²) in [4.78, 5) is 0. The van der Waals surface area contributed by atoms with Crippen molar-refractivity contribution < 1.29 is 5.11 Å². The normalized spacial score (nSPS) is 11.4. The molecule has 2 rings (SSSR count). The number of nitrogens with one attached hydrogen (secondary N) is 1. The minimum atomic E-state index is -0.486. The molecule has 0 saturated carbocycles. The van der Waals surface area contributed by atoms with Gasteiger partial charge in [0.1, 0.15) is 0 Å². The molecule has 19 heavy (non-hydrogen) atoms.